The van der Waals surface area contributed by atoms with Crippen LogP contribution in [0, 0.1) is 0 Å². The van der Waals surface area contributed by atoms with Crippen molar-refractivity contribution in [2.24, 2.45) is 0 Å². The van der Waals surface area contributed by atoms with Crippen molar-refractivity contribution in [3.05, 3.63) is 10.4 Å². The Hall–Kier alpha value is -1.50. The van der Waals surface area contributed by atoms with E-state index in [2.05, 4.69) is 24.0 Å². The molecule has 0 saturated heterocycles. The largest absolute Gasteiger partial charge is 0.359 e. The third kappa shape index (κ3) is 0.944. The van der Waals surface area contributed by atoms with Crippen LogP contribution in [-0.4, -0.2) is 25.8 Å². The van der Waals surface area contributed by atoms with E-state index < -0.39 is 0 Å². The normalized spacial score (nSPS) is 10.4. The molecule has 2 rings (SSSR count). The summed E-state index contributed by atoms with van der Waals surface area (Å²) in [5.74, 6) is 0.403. The molecule has 0 spiro atoms. The highest BCUT2D eigenvalue weighted by atomic mass is 32.1. The van der Waals surface area contributed by atoms with Gasteiger partial charge in [0, 0.05) is 7.05 Å². The van der Waals surface area contributed by atoms with Crippen LogP contribution in [0.1, 0.15) is 0 Å². The summed E-state index contributed by atoms with van der Waals surface area (Å²) in [6.07, 6.45) is 0. The fraction of sp³-hybridized carbons (Fsp3) is 0.200. The third-order valence-electron chi connectivity index (χ3n) is 1.37. The second-order valence-electron chi connectivity index (χ2n) is 2.10. The number of aromatic nitrogens is 4. The van der Waals surface area contributed by atoms with E-state index in [0.717, 1.165) is 11.7 Å². The van der Waals surface area contributed by atoms with Crippen molar-refractivity contribution < 1.29 is 0 Å². The highest BCUT2D eigenvalue weighted by Crippen LogP contribution is 2.03. The van der Waals surface area contributed by atoms with Crippen molar-refractivity contribution in [3.63, 3.8) is 0 Å². The van der Waals surface area contributed by atoms with Crippen molar-refractivity contribution >= 4 is 28.8 Å². The van der Waals surface area contributed by atoms with Gasteiger partial charge in [0.05, 0.1) is 11.7 Å². The first-order valence-electron chi connectivity index (χ1n) is 3.21. The van der Waals surface area contributed by atoms with Gasteiger partial charge in [0.2, 0.25) is 11.6 Å². The standard InChI is InChI=1S/C5H5N5OS/c1-6-5-7-3-2(4(11)8-5)9-12-10-3/h1H3,(H2,6,7,8,10,11). The summed E-state index contributed by atoms with van der Waals surface area (Å²) in [5.41, 5.74) is 0.408. The van der Waals surface area contributed by atoms with Crippen molar-refractivity contribution in [1.82, 2.24) is 18.7 Å². The van der Waals surface area contributed by atoms with E-state index in [1.54, 1.807) is 7.05 Å². The van der Waals surface area contributed by atoms with Gasteiger partial charge in [0.1, 0.15) is 0 Å². The van der Waals surface area contributed by atoms with Gasteiger partial charge in [-0.1, -0.05) is 0 Å². The molecule has 7 heteroatoms. The smallest absolute Gasteiger partial charge is 0.281 e. The minimum absolute atomic E-state index is 0.266. The van der Waals surface area contributed by atoms with E-state index in [-0.39, 0.29) is 5.56 Å². The quantitative estimate of drug-likeness (QED) is 0.640. The van der Waals surface area contributed by atoms with E-state index >= 15 is 0 Å². The summed E-state index contributed by atoms with van der Waals surface area (Å²) in [5, 5.41) is 2.72. The van der Waals surface area contributed by atoms with E-state index in [0.29, 0.717) is 17.1 Å². The Morgan fingerprint density at radius 1 is 1.50 bits per heavy atom. The van der Waals surface area contributed by atoms with Crippen LogP contribution in [0.4, 0.5) is 5.95 Å². The summed E-state index contributed by atoms with van der Waals surface area (Å²) in [6, 6.07) is 0. The zero-order chi connectivity index (χ0) is 8.55. The maximum absolute atomic E-state index is 11.2. The molecule has 0 atom stereocenters. The summed E-state index contributed by atoms with van der Waals surface area (Å²) in [4.78, 5) is 17.7. The van der Waals surface area contributed by atoms with Crippen molar-refractivity contribution in [2.45, 2.75) is 0 Å². The van der Waals surface area contributed by atoms with Gasteiger partial charge in [-0.05, 0) is 0 Å². The van der Waals surface area contributed by atoms with Crippen LogP contribution in [0.25, 0.3) is 11.2 Å². The lowest BCUT2D eigenvalue weighted by Crippen LogP contribution is -2.10. The van der Waals surface area contributed by atoms with Crippen LogP contribution < -0.4 is 10.9 Å². The molecule has 0 fully saturated rings. The molecule has 0 saturated carbocycles. The molecule has 6 nitrogen and oxygen atoms in total. The topological polar surface area (TPSA) is 83.6 Å². The molecule has 0 bridgehead atoms. The zero-order valence-electron chi connectivity index (χ0n) is 6.16. The average molecular weight is 183 g/mol. The Morgan fingerprint density at radius 3 is 3.08 bits per heavy atom. The number of nitrogens with zero attached hydrogens (tertiary/aromatic N) is 3. The number of nitrogens with one attached hydrogen (secondary N) is 2. The van der Waals surface area contributed by atoms with E-state index in [9.17, 15) is 4.79 Å². The molecule has 0 aromatic carbocycles. The number of anilines is 1. The molecule has 0 aliphatic rings. The van der Waals surface area contributed by atoms with E-state index in [4.69, 9.17) is 0 Å². The number of aromatic amines is 1. The zero-order valence-corrected chi connectivity index (χ0v) is 6.97. The molecule has 0 aliphatic heterocycles. The Morgan fingerprint density at radius 2 is 2.33 bits per heavy atom. The van der Waals surface area contributed by atoms with Gasteiger partial charge in [-0.15, -0.1) is 0 Å². The maximum Gasteiger partial charge on any atom is 0.281 e. The lowest BCUT2D eigenvalue weighted by molar-refractivity contribution is 1.14. The van der Waals surface area contributed by atoms with Crippen molar-refractivity contribution in [3.8, 4) is 0 Å². The molecule has 2 aromatic rings. The van der Waals surface area contributed by atoms with Crippen LogP contribution >= 0.6 is 11.7 Å². The van der Waals surface area contributed by atoms with Gasteiger partial charge in [0.25, 0.3) is 5.56 Å². The number of H-pyrrole nitrogens is 1. The number of fused-ring (bicyclic) bond motifs is 1. The lowest BCUT2D eigenvalue weighted by Gasteiger charge is -1.94. The van der Waals surface area contributed by atoms with Gasteiger partial charge in [-0.25, -0.2) is 0 Å². The molecule has 2 N–H and O–H groups in total. The highest BCUT2D eigenvalue weighted by molar-refractivity contribution is 7.00. The van der Waals surface area contributed by atoms with Gasteiger partial charge in [0.15, 0.2) is 5.52 Å². The van der Waals surface area contributed by atoms with Crippen LogP contribution in [0.3, 0.4) is 0 Å². The summed E-state index contributed by atoms with van der Waals surface area (Å²) in [6.45, 7) is 0. The Balaban J connectivity index is 2.84. The van der Waals surface area contributed by atoms with Crippen LogP contribution in [0.5, 0.6) is 0 Å². The van der Waals surface area contributed by atoms with Crippen molar-refractivity contribution in [1.29, 1.82) is 0 Å². The molecule has 0 amide bonds. The number of hydrogen-bond acceptors (Lipinski definition) is 6. The first kappa shape index (κ1) is 7.17. The fourth-order valence-corrected chi connectivity index (χ4v) is 1.31. The predicted molar refractivity (Wildman–Crippen MR) is 45.4 cm³/mol. The Bertz CT molecular complexity index is 460. The SMILES string of the molecule is CNc1nc2nsnc2c(=O)[nH]1. The molecule has 62 valence electrons. The van der Waals surface area contributed by atoms with Gasteiger partial charge >= 0.3 is 0 Å². The number of rotatable bonds is 1. The average Bonchev–Trinajstić information content (AvgIpc) is 2.52. The first-order valence-corrected chi connectivity index (χ1v) is 3.94. The summed E-state index contributed by atoms with van der Waals surface area (Å²) in [7, 11) is 1.67. The van der Waals surface area contributed by atoms with Crippen molar-refractivity contribution in [2.75, 3.05) is 12.4 Å². The third-order valence-corrected chi connectivity index (χ3v) is 1.89. The molecule has 12 heavy (non-hydrogen) atoms. The Kier molecular flexibility index (Phi) is 1.51. The second kappa shape index (κ2) is 2.52. The minimum atomic E-state index is -0.266. The van der Waals surface area contributed by atoms with E-state index in [1.165, 1.54) is 0 Å². The van der Waals surface area contributed by atoms with Crippen LogP contribution in [-0.2, 0) is 0 Å². The first-order chi connectivity index (χ1) is 5.81. The fourth-order valence-electron chi connectivity index (χ4n) is 0.819. The predicted octanol–water partition coefficient (Wildman–Crippen LogP) is -0.184. The lowest BCUT2D eigenvalue weighted by atomic mass is 10.5. The minimum Gasteiger partial charge on any atom is -0.359 e. The summed E-state index contributed by atoms with van der Waals surface area (Å²) >= 11 is 0.976. The van der Waals surface area contributed by atoms with Gasteiger partial charge < -0.3 is 5.32 Å². The molecular formula is C5H5N5OS. The van der Waals surface area contributed by atoms with Gasteiger partial charge in [-0.3, -0.25) is 9.78 Å². The monoisotopic (exact) mass is 183 g/mol. The highest BCUT2D eigenvalue weighted by Gasteiger charge is 2.05. The van der Waals surface area contributed by atoms with Crippen LogP contribution in [0.2, 0.25) is 0 Å². The second-order valence-corrected chi connectivity index (χ2v) is 2.63. The maximum atomic E-state index is 11.2. The number of hydrogen-bond donors (Lipinski definition) is 2. The Labute approximate surface area is 71.0 Å². The van der Waals surface area contributed by atoms with Crippen LogP contribution in [0.15, 0.2) is 4.79 Å². The molecule has 2 aromatic heterocycles. The molecule has 0 radical (unpaired) electrons. The molecule has 2 heterocycles. The molecule has 0 aliphatic carbocycles. The van der Waals surface area contributed by atoms with Gasteiger partial charge in [-0.2, -0.15) is 13.7 Å². The summed E-state index contributed by atoms with van der Waals surface area (Å²) < 4.78 is 7.64. The molecular weight excluding hydrogens is 178 g/mol. The van der Waals surface area contributed by atoms with E-state index in [1.807, 2.05) is 0 Å². The molecule has 0 unspecified atom stereocenters.